The molecule has 1 fully saturated rings. The maximum absolute atomic E-state index is 11.4. The minimum Gasteiger partial charge on any atom is -0.385 e. The van der Waals surface area contributed by atoms with Crippen molar-refractivity contribution in [3.05, 3.63) is 34.9 Å². The Morgan fingerprint density at radius 3 is 2.87 bits per heavy atom. The Bertz CT molecular complexity index is 618. The average Bonchev–Trinajstić information content (AvgIpc) is 2.51. The molecule has 1 aliphatic heterocycles. The molecule has 0 radical (unpaired) electrons. The van der Waals surface area contributed by atoms with Gasteiger partial charge in [-0.05, 0) is 49.9 Å². The van der Waals surface area contributed by atoms with Crippen LogP contribution in [0.25, 0.3) is 0 Å². The number of aliphatic hydroxyl groups is 1. The molecule has 1 aromatic carbocycles. The number of halogens is 1. The van der Waals surface area contributed by atoms with Crippen LogP contribution in [0.1, 0.15) is 31.2 Å². The molecule has 0 saturated carbocycles. The Labute approximate surface area is 143 Å². The fourth-order valence-corrected chi connectivity index (χ4v) is 3.92. The van der Waals surface area contributed by atoms with Gasteiger partial charge in [-0.2, -0.15) is 0 Å². The molecule has 0 unspecified atom stereocenters. The molecule has 1 heterocycles. The molecule has 1 aromatic rings. The van der Waals surface area contributed by atoms with Crippen LogP contribution in [-0.2, 0) is 15.6 Å². The van der Waals surface area contributed by atoms with Crippen molar-refractivity contribution in [1.82, 2.24) is 10.0 Å². The van der Waals surface area contributed by atoms with E-state index in [9.17, 15) is 13.5 Å². The zero-order valence-electron chi connectivity index (χ0n) is 13.4. The number of hydrogen-bond donors (Lipinski definition) is 3. The Morgan fingerprint density at radius 1 is 1.48 bits per heavy atom. The van der Waals surface area contributed by atoms with Crippen LogP contribution in [0.15, 0.2) is 24.3 Å². The van der Waals surface area contributed by atoms with Crippen molar-refractivity contribution in [3.63, 3.8) is 0 Å². The second kappa shape index (κ2) is 7.94. The van der Waals surface area contributed by atoms with Crippen molar-refractivity contribution in [2.24, 2.45) is 5.92 Å². The standard InChI is InChI=1S/C16H25ClN2O3S/c1-23(21,22)19-10-4-8-16(20,14-6-3-9-18-12-14)13-5-2-7-15(17)11-13/h2,5,7,11,14,18-20H,3-4,6,8-10,12H2,1H3/t14-,16-/m1/s1. The van der Waals surface area contributed by atoms with Crippen LogP contribution in [0.4, 0.5) is 0 Å². The number of rotatable bonds is 7. The molecular formula is C16H25ClN2O3S. The third-order valence-electron chi connectivity index (χ3n) is 4.40. The summed E-state index contributed by atoms with van der Waals surface area (Å²) < 4.78 is 24.8. The van der Waals surface area contributed by atoms with Gasteiger partial charge >= 0.3 is 0 Å². The zero-order valence-corrected chi connectivity index (χ0v) is 15.0. The maximum Gasteiger partial charge on any atom is 0.208 e. The summed E-state index contributed by atoms with van der Waals surface area (Å²) in [5.74, 6) is 0.0907. The Balaban J connectivity index is 2.13. The van der Waals surface area contributed by atoms with Gasteiger partial charge in [0.25, 0.3) is 0 Å². The number of hydrogen-bond acceptors (Lipinski definition) is 4. The van der Waals surface area contributed by atoms with E-state index in [4.69, 9.17) is 11.6 Å². The van der Waals surface area contributed by atoms with Gasteiger partial charge in [0.2, 0.25) is 10.0 Å². The molecule has 2 atom stereocenters. The van der Waals surface area contributed by atoms with Gasteiger partial charge in [-0.3, -0.25) is 0 Å². The van der Waals surface area contributed by atoms with Crippen LogP contribution in [-0.4, -0.2) is 39.4 Å². The average molecular weight is 361 g/mol. The van der Waals surface area contributed by atoms with E-state index in [1.54, 1.807) is 12.1 Å². The third kappa shape index (κ3) is 5.43. The molecule has 23 heavy (non-hydrogen) atoms. The fraction of sp³-hybridized carbons (Fsp3) is 0.625. The van der Waals surface area contributed by atoms with E-state index in [0.717, 1.165) is 37.8 Å². The first-order chi connectivity index (χ1) is 10.8. The van der Waals surface area contributed by atoms with Crippen LogP contribution in [0.5, 0.6) is 0 Å². The van der Waals surface area contributed by atoms with E-state index in [1.807, 2.05) is 12.1 Å². The van der Waals surface area contributed by atoms with Gasteiger partial charge in [0.15, 0.2) is 0 Å². The first kappa shape index (κ1) is 18.7. The lowest BCUT2D eigenvalue weighted by Gasteiger charge is -2.39. The van der Waals surface area contributed by atoms with E-state index in [1.165, 1.54) is 0 Å². The molecule has 0 aromatic heterocycles. The SMILES string of the molecule is CS(=O)(=O)NCCC[C@@](O)(c1cccc(Cl)c1)[C@@H]1CCCNC1. The summed E-state index contributed by atoms with van der Waals surface area (Å²) in [6.45, 7) is 2.04. The van der Waals surface area contributed by atoms with Crippen molar-refractivity contribution >= 4 is 21.6 Å². The second-order valence-corrected chi connectivity index (χ2v) is 8.52. The third-order valence-corrected chi connectivity index (χ3v) is 5.36. The predicted octanol–water partition coefficient (Wildman–Crippen LogP) is 1.86. The van der Waals surface area contributed by atoms with Crippen molar-refractivity contribution in [1.29, 1.82) is 0 Å². The van der Waals surface area contributed by atoms with Gasteiger partial charge in [0.05, 0.1) is 11.9 Å². The number of sulfonamides is 1. The van der Waals surface area contributed by atoms with Crippen molar-refractivity contribution in [2.75, 3.05) is 25.9 Å². The maximum atomic E-state index is 11.4. The fourth-order valence-electron chi connectivity index (χ4n) is 3.22. The second-order valence-electron chi connectivity index (χ2n) is 6.25. The number of piperidine rings is 1. The Hall–Kier alpha value is -0.660. The highest BCUT2D eigenvalue weighted by Gasteiger charge is 2.38. The van der Waals surface area contributed by atoms with Crippen LogP contribution >= 0.6 is 11.6 Å². The Morgan fingerprint density at radius 2 is 2.26 bits per heavy atom. The van der Waals surface area contributed by atoms with E-state index in [2.05, 4.69) is 10.0 Å². The summed E-state index contributed by atoms with van der Waals surface area (Å²) in [5, 5.41) is 15.3. The molecule has 3 N–H and O–H groups in total. The molecule has 7 heteroatoms. The summed E-state index contributed by atoms with van der Waals surface area (Å²) in [6, 6.07) is 7.33. The molecule has 0 spiro atoms. The normalized spacial score (nSPS) is 21.8. The van der Waals surface area contributed by atoms with Crippen molar-refractivity contribution in [2.45, 2.75) is 31.3 Å². The molecule has 1 saturated heterocycles. The summed E-state index contributed by atoms with van der Waals surface area (Å²) >= 11 is 6.09. The van der Waals surface area contributed by atoms with Gasteiger partial charge in [0.1, 0.15) is 0 Å². The van der Waals surface area contributed by atoms with Crippen LogP contribution in [0.3, 0.4) is 0 Å². The van der Waals surface area contributed by atoms with Gasteiger partial charge in [-0.1, -0.05) is 23.7 Å². The van der Waals surface area contributed by atoms with Gasteiger partial charge in [-0.15, -0.1) is 0 Å². The summed E-state index contributed by atoms with van der Waals surface area (Å²) in [4.78, 5) is 0. The van der Waals surface area contributed by atoms with E-state index >= 15 is 0 Å². The monoisotopic (exact) mass is 360 g/mol. The minimum absolute atomic E-state index is 0.0907. The highest BCUT2D eigenvalue weighted by atomic mass is 35.5. The van der Waals surface area contributed by atoms with Gasteiger partial charge in [-0.25, -0.2) is 13.1 Å². The number of benzene rings is 1. The first-order valence-electron chi connectivity index (χ1n) is 7.95. The van der Waals surface area contributed by atoms with E-state index in [-0.39, 0.29) is 5.92 Å². The van der Waals surface area contributed by atoms with Crippen LogP contribution in [0.2, 0.25) is 5.02 Å². The van der Waals surface area contributed by atoms with Crippen LogP contribution < -0.4 is 10.0 Å². The quantitative estimate of drug-likeness (QED) is 0.648. The molecule has 1 aliphatic rings. The molecule has 130 valence electrons. The Kier molecular flexibility index (Phi) is 6.45. The lowest BCUT2D eigenvalue weighted by Crippen LogP contribution is -2.44. The van der Waals surface area contributed by atoms with E-state index in [0.29, 0.717) is 24.4 Å². The summed E-state index contributed by atoms with van der Waals surface area (Å²) in [7, 11) is -3.20. The van der Waals surface area contributed by atoms with Crippen LogP contribution in [0, 0.1) is 5.92 Å². The van der Waals surface area contributed by atoms with Gasteiger partial charge in [0, 0.05) is 24.0 Å². The minimum atomic E-state index is -3.20. The topological polar surface area (TPSA) is 78.4 Å². The summed E-state index contributed by atoms with van der Waals surface area (Å²) in [5.41, 5.74) is -0.199. The lowest BCUT2D eigenvalue weighted by molar-refractivity contribution is -0.0418. The molecular weight excluding hydrogens is 336 g/mol. The van der Waals surface area contributed by atoms with Crippen molar-refractivity contribution in [3.8, 4) is 0 Å². The zero-order chi connectivity index (χ0) is 16.9. The highest BCUT2D eigenvalue weighted by molar-refractivity contribution is 7.88. The smallest absolute Gasteiger partial charge is 0.208 e. The molecule has 0 aliphatic carbocycles. The van der Waals surface area contributed by atoms with E-state index < -0.39 is 15.6 Å². The molecule has 2 rings (SSSR count). The highest BCUT2D eigenvalue weighted by Crippen LogP contribution is 2.38. The predicted molar refractivity (Wildman–Crippen MR) is 93.0 cm³/mol. The van der Waals surface area contributed by atoms with Gasteiger partial charge < -0.3 is 10.4 Å². The molecule has 0 amide bonds. The lowest BCUT2D eigenvalue weighted by atomic mass is 9.74. The first-order valence-corrected chi connectivity index (χ1v) is 10.2. The van der Waals surface area contributed by atoms with Crippen molar-refractivity contribution < 1.29 is 13.5 Å². The number of nitrogens with one attached hydrogen (secondary N) is 2. The largest absolute Gasteiger partial charge is 0.385 e. The molecule has 5 nitrogen and oxygen atoms in total. The molecule has 0 bridgehead atoms. The summed E-state index contributed by atoms with van der Waals surface area (Å²) in [6.07, 6.45) is 4.15.